The maximum absolute atomic E-state index is 13.6. The molecule has 8 nitrogen and oxygen atoms in total. The number of amides is 1. The molecule has 6 rings (SSSR count). The number of aromatic nitrogens is 1. The number of phenolic OH excluding ortho intramolecular Hbond substituents is 1. The first kappa shape index (κ1) is 25.4. The highest BCUT2D eigenvalue weighted by Crippen LogP contribution is 2.47. The summed E-state index contributed by atoms with van der Waals surface area (Å²) in [5.41, 5.74) is 3.41. The normalized spacial score (nSPS) is 19.9. The van der Waals surface area contributed by atoms with Gasteiger partial charge < -0.3 is 19.7 Å². The molecule has 2 atom stereocenters. The van der Waals surface area contributed by atoms with E-state index in [1.807, 2.05) is 32.0 Å². The van der Waals surface area contributed by atoms with E-state index < -0.39 is 17.7 Å². The molecule has 0 saturated carbocycles. The fourth-order valence-electron chi connectivity index (χ4n) is 5.10. The van der Waals surface area contributed by atoms with Gasteiger partial charge in [-0.2, -0.15) is 0 Å². The van der Waals surface area contributed by atoms with Crippen molar-refractivity contribution in [1.82, 2.24) is 4.98 Å². The van der Waals surface area contributed by atoms with E-state index in [0.29, 0.717) is 32.7 Å². The lowest BCUT2D eigenvalue weighted by Gasteiger charge is -2.24. The van der Waals surface area contributed by atoms with Crippen LogP contribution in [0, 0.1) is 6.92 Å². The minimum Gasteiger partial charge on any atom is -0.507 e. The zero-order valence-corrected chi connectivity index (χ0v) is 23.6. The highest BCUT2D eigenvalue weighted by molar-refractivity contribution is 9.10. The zero-order chi connectivity index (χ0) is 27.6. The highest BCUT2D eigenvalue weighted by atomic mass is 79.9. The molecular formula is C29H23BrN2O6S. The number of ether oxygens (including phenoxy) is 2. The van der Waals surface area contributed by atoms with E-state index >= 15 is 0 Å². The van der Waals surface area contributed by atoms with Crippen LogP contribution in [0.3, 0.4) is 0 Å². The van der Waals surface area contributed by atoms with Gasteiger partial charge in [-0.3, -0.25) is 14.5 Å². The number of Topliss-reactive ketones (excluding diaryl/α,β-unsaturated/α-hetero) is 1. The van der Waals surface area contributed by atoms with E-state index in [-0.39, 0.29) is 28.9 Å². The van der Waals surface area contributed by atoms with Crippen LogP contribution in [0.25, 0.3) is 16.0 Å². The number of aliphatic hydroxyl groups is 1. The van der Waals surface area contributed by atoms with Crippen molar-refractivity contribution in [3.8, 4) is 17.2 Å². The van der Waals surface area contributed by atoms with Gasteiger partial charge in [0.05, 0.1) is 33.4 Å². The van der Waals surface area contributed by atoms with Gasteiger partial charge in [0, 0.05) is 12.0 Å². The summed E-state index contributed by atoms with van der Waals surface area (Å²) < 4.78 is 12.3. The number of carbonyl (C=O) groups is 2. The smallest absolute Gasteiger partial charge is 0.301 e. The van der Waals surface area contributed by atoms with Gasteiger partial charge in [0.1, 0.15) is 17.6 Å². The van der Waals surface area contributed by atoms with Crippen LogP contribution in [-0.2, 0) is 16.0 Å². The summed E-state index contributed by atoms with van der Waals surface area (Å²) in [6, 6.07) is 13.1. The van der Waals surface area contributed by atoms with E-state index in [1.54, 1.807) is 30.3 Å². The maximum atomic E-state index is 13.6. The van der Waals surface area contributed by atoms with E-state index in [0.717, 1.165) is 21.6 Å². The maximum Gasteiger partial charge on any atom is 0.301 e. The summed E-state index contributed by atoms with van der Waals surface area (Å²) in [7, 11) is 1.41. The number of nitrogens with zero attached hydrogens (tertiary/aromatic N) is 2. The van der Waals surface area contributed by atoms with E-state index in [2.05, 4.69) is 20.9 Å². The molecule has 3 heterocycles. The van der Waals surface area contributed by atoms with Crippen molar-refractivity contribution < 1.29 is 29.3 Å². The molecule has 2 N–H and O–H groups in total. The second-order valence-corrected chi connectivity index (χ2v) is 11.5. The number of aliphatic hydroxyl groups excluding tert-OH is 1. The van der Waals surface area contributed by atoms with Crippen molar-refractivity contribution in [3.63, 3.8) is 0 Å². The monoisotopic (exact) mass is 606 g/mol. The number of hydrogen-bond acceptors (Lipinski definition) is 8. The van der Waals surface area contributed by atoms with Crippen LogP contribution in [0.1, 0.15) is 35.2 Å². The van der Waals surface area contributed by atoms with Crippen molar-refractivity contribution >= 4 is 60.1 Å². The first-order valence-corrected chi connectivity index (χ1v) is 13.8. The molecule has 1 amide bonds. The Morgan fingerprint density at radius 2 is 1.97 bits per heavy atom. The Bertz CT molecular complexity index is 1730. The van der Waals surface area contributed by atoms with Crippen LogP contribution in [0.2, 0.25) is 0 Å². The third kappa shape index (κ3) is 4.15. The van der Waals surface area contributed by atoms with E-state index in [1.165, 1.54) is 23.3 Å². The predicted molar refractivity (Wildman–Crippen MR) is 152 cm³/mol. The standard InChI is InChI=1S/C29H23BrN2O6S/c1-13-4-6-19-22(8-13)39-29(31-19)32-24(17-11-18(30)26(34)21(12-17)37-3)23(27(35)28(32)36)25(33)15-5-7-20-16(10-15)9-14(2)38-20/h4-8,10-12,14,24,33-34H,9H2,1-3H3. The van der Waals surface area contributed by atoms with Crippen LogP contribution in [0.15, 0.2) is 58.6 Å². The van der Waals surface area contributed by atoms with Gasteiger partial charge in [0.2, 0.25) is 0 Å². The molecule has 1 fully saturated rings. The third-order valence-corrected chi connectivity index (χ3v) is 8.56. The Morgan fingerprint density at radius 1 is 1.18 bits per heavy atom. The molecular weight excluding hydrogens is 584 g/mol. The molecule has 39 heavy (non-hydrogen) atoms. The minimum atomic E-state index is -1.03. The Morgan fingerprint density at radius 3 is 2.74 bits per heavy atom. The molecule has 4 aromatic rings. The average Bonchev–Trinajstić information content (AvgIpc) is 3.57. The molecule has 10 heteroatoms. The van der Waals surface area contributed by atoms with Gasteiger partial charge in [-0.1, -0.05) is 17.4 Å². The highest BCUT2D eigenvalue weighted by Gasteiger charge is 2.48. The van der Waals surface area contributed by atoms with Gasteiger partial charge in [-0.05, 0) is 88.9 Å². The first-order valence-electron chi connectivity index (χ1n) is 12.2. The lowest BCUT2D eigenvalue weighted by atomic mass is 9.94. The Hall–Kier alpha value is -3.89. The van der Waals surface area contributed by atoms with Crippen molar-refractivity contribution in [2.24, 2.45) is 0 Å². The van der Waals surface area contributed by atoms with E-state index in [9.17, 15) is 19.8 Å². The molecule has 0 radical (unpaired) electrons. The summed E-state index contributed by atoms with van der Waals surface area (Å²) in [5, 5.41) is 22.3. The van der Waals surface area contributed by atoms with Crippen molar-refractivity contribution in [2.45, 2.75) is 32.4 Å². The minimum absolute atomic E-state index is 0.00691. The SMILES string of the molecule is COc1cc(C2C(=C(O)c3ccc4c(c3)CC(C)O4)C(=O)C(=O)N2c2nc3ccc(C)cc3s2)cc(Br)c1O. The summed E-state index contributed by atoms with van der Waals surface area (Å²) >= 11 is 4.63. The van der Waals surface area contributed by atoms with Gasteiger partial charge >= 0.3 is 5.91 Å². The number of phenols is 1. The van der Waals surface area contributed by atoms with Gasteiger partial charge in [0.25, 0.3) is 5.78 Å². The number of ketones is 1. The third-order valence-electron chi connectivity index (χ3n) is 6.94. The average molecular weight is 607 g/mol. The lowest BCUT2D eigenvalue weighted by Crippen LogP contribution is -2.29. The molecule has 198 valence electrons. The number of thiazole rings is 1. The molecule has 0 aliphatic carbocycles. The zero-order valence-electron chi connectivity index (χ0n) is 21.2. The molecule has 0 spiro atoms. The summed E-state index contributed by atoms with van der Waals surface area (Å²) in [5.74, 6) is -1.19. The quantitative estimate of drug-likeness (QED) is 0.166. The van der Waals surface area contributed by atoms with Crippen LogP contribution >= 0.6 is 27.3 Å². The number of aromatic hydroxyl groups is 1. The topological polar surface area (TPSA) is 109 Å². The number of hydrogen-bond donors (Lipinski definition) is 2. The fraction of sp³-hybridized carbons (Fsp3) is 0.207. The Balaban J connectivity index is 1.57. The number of fused-ring (bicyclic) bond motifs is 2. The second kappa shape index (κ2) is 9.39. The van der Waals surface area contributed by atoms with Crippen LogP contribution in [0.5, 0.6) is 17.2 Å². The van der Waals surface area contributed by atoms with Gasteiger partial charge in [0.15, 0.2) is 16.6 Å². The number of benzene rings is 3. The molecule has 2 aliphatic heterocycles. The Labute approximate surface area is 236 Å². The van der Waals surface area contributed by atoms with Gasteiger partial charge in [-0.15, -0.1) is 0 Å². The molecule has 0 bridgehead atoms. The Kier molecular flexibility index (Phi) is 6.11. The number of aryl methyl sites for hydroxylation is 1. The van der Waals surface area contributed by atoms with Gasteiger partial charge in [-0.25, -0.2) is 4.98 Å². The van der Waals surface area contributed by atoms with Crippen molar-refractivity contribution in [1.29, 1.82) is 0 Å². The molecule has 3 aromatic carbocycles. The first-order chi connectivity index (χ1) is 18.7. The summed E-state index contributed by atoms with van der Waals surface area (Å²) in [4.78, 5) is 33.2. The fourth-order valence-corrected chi connectivity index (χ4v) is 6.65. The predicted octanol–water partition coefficient (Wildman–Crippen LogP) is 6.03. The molecule has 1 saturated heterocycles. The summed E-state index contributed by atoms with van der Waals surface area (Å²) in [6.45, 7) is 3.92. The molecule has 2 aliphatic rings. The van der Waals surface area contributed by atoms with Crippen molar-refractivity contribution in [2.75, 3.05) is 12.0 Å². The number of methoxy groups -OCH3 is 1. The number of halogens is 1. The van der Waals surface area contributed by atoms with Crippen LogP contribution < -0.4 is 14.4 Å². The number of carbonyl (C=O) groups excluding carboxylic acids is 2. The largest absolute Gasteiger partial charge is 0.507 e. The number of rotatable bonds is 4. The van der Waals surface area contributed by atoms with Crippen molar-refractivity contribution in [3.05, 3.63) is 80.8 Å². The summed E-state index contributed by atoms with van der Waals surface area (Å²) in [6.07, 6.45) is 0.675. The molecule has 2 unspecified atom stereocenters. The second-order valence-electron chi connectivity index (χ2n) is 9.65. The number of anilines is 1. The van der Waals surface area contributed by atoms with Crippen LogP contribution in [0.4, 0.5) is 5.13 Å². The lowest BCUT2D eigenvalue weighted by molar-refractivity contribution is -0.132. The molecule has 1 aromatic heterocycles. The van der Waals surface area contributed by atoms with Crippen LogP contribution in [-0.4, -0.2) is 40.1 Å². The van der Waals surface area contributed by atoms with E-state index in [4.69, 9.17) is 9.47 Å².